The van der Waals surface area contributed by atoms with E-state index < -0.39 is 5.91 Å². The molecule has 0 radical (unpaired) electrons. The number of nitrogens with zero attached hydrogens (tertiary/aromatic N) is 1. The Morgan fingerprint density at radius 2 is 2.29 bits per heavy atom. The average molecular weight is 189 g/mol. The first-order chi connectivity index (χ1) is 6.72. The number of benzene rings is 1. The van der Waals surface area contributed by atoms with Gasteiger partial charge in [-0.25, -0.2) is 0 Å². The molecule has 0 fully saturated rings. The summed E-state index contributed by atoms with van der Waals surface area (Å²) in [6, 6.07) is 3.03. The van der Waals surface area contributed by atoms with Crippen molar-refractivity contribution in [2.45, 2.75) is 0 Å². The number of aromatic amines is 1. The molecule has 1 aromatic heterocycles. The fraction of sp³-hybridized carbons (Fsp3) is 0. The number of H-pyrrole nitrogens is 1. The van der Waals surface area contributed by atoms with E-state index in [1.54, 1.807) is 6.07 Å². The molecular weight excluding hydrogens is 182 g/mol. The van der Waals surface area contributed by atoms with Crippen molar-refractivity contribution in [2.75, 3.05) is 0 Å². The summed E-state index contributed by atoms with van der Waals surface area (Å²) in [5.41, 5.74) is 6.42. The van der Waals surface area contributed by atoms with Gasteiger partial charge in [0.05, 0.1) is 11.7 Å². The van der Waals surface area contributed by atoms with E-state index >= 15 is 0 Å². The van der Waals surface area contributed by atoms with Gasteiger partial charge in [0.1, 0.15) is 0 Å². The van der Waals surface area contributed by atoms with Crippen molar-refractivity contribution in [1.29, 1.82) is 0 Å². The summed E-state index contributed by atoms with van der Waals surface area (Å²) in [5, 5.41) is 7.14. The van der Waals surface area contributed by atoms with E-state index in [1.807, 2.05) is 0 Å². The second-order valence-corrected chi connectivity index (χ2v) is 2.88. The summed E-state index contributed by atoms with van der Waals surface area (Å²) >= 11 is 0. The lowest BCUT2D eigenvalue weighted by Gasteiger charge is -1.98. The normalized spacial score (nSPS) is 10.3. The van der Waals surface area contributed by atoms with Gasteiger partial charge in [0.2, 0.25) is 5.91 Å². The molecule has 0 bridgehead atoms. The number of hydrogen-bond donors (Lipinski definition) is 2. The van der Waals surface area contributed by atoms with Crippen LogP contribution < -0.4 is 5.73 Å². The van der Waals surface area contributed by atoms with Gasteiger partial charge in [-0.05, 0) is 12.1 Å². The first kappa shape index (κ1) is 8.43. The molecule has 2 aromatic rings. The Balaban J connectivity index is 2.79. The molecule has 70 valence electrons. The van der Waals surface area contributed by atoms with E-state index in [4.69, 9.17) is 5.73 Å². The van der Waals surface area contributed by atoms with E-state index in [2.05, 4.69) is 10.2 Å². The van der Waals surface area contributed by atoms with E-state index in [0.717, 1.165) is 0 Å². The summed E-state index contributed by atoms with van der Waals surface area (Å²) in [7, 11) is 0. The maximum atomic E-state index is 10.9. The molecule has 0 unspecified atom stereocenters. The molecule has 0 saturated carbocycles. The Bertz CT molecular complexity index is 516. The molecule has 5 heteroatoms. The number of aldehydes is 1. The van der Waals surface area contributed by atoms with Crippen molar-refractivity contribution in [1.82, 2.24) is 10.2 Å². The van der Waals surface area contributed by atoms with E-state index in [0.29, 0.717) is 28.3 Å². The molecule has 0 aliphatic heterocycles. The molecule has 0 atom stereocenters. The summed E-state index contributed by atoms with van der Waals surface area (Å²) in [4.78, 5) is 21.6. The van der Waals surface area contributed by atoms with Crippen LogP contribution in [0.4, 0.5) is 0 Å². The standard InChI is InChI=1S/C9H7N3O2/c10-9(14)5-1-6-3-11-12-8(6)7(2-5)4-13/h1-4H,(H2,10,14)(H,11,12). The fourth-order valence-electron chi connectivity index (χ4n) is 1.32. The van der Waals surface area contributed by atoms with E-state index in [1.165, 1.54) is 12.3 Å². The molecule has 0 aliphatic carbocycles. The van der Waals surface area contributed by atoms with Crippen LogP contribution in [0, 0.1) is 0 Å². The lowest BCUT2D eigenvalue weighted by atomic mass is 10.1. The molecule has 1 amide bonds. The SMILES string of the molecule is NC(=O)c1cc(C=O)c2[nH]ncc2c1. The number of rotatable bonds is 2. The predicted molar refractivity (Wildman–Crippen MR) is 50.0 cm³/mol. The number of carbonyl (C=O) groups excluding carboxylic acids is 2. The van der Waals surface area contributed by atoms with Crippen LogP contribution in [-0.2, 0) is 0 Å². The van der Waals surface area contributed by atoms with Gasteiger partial charge >= 0.3 is 0 Å². The van der Waals surface area contributed by atoms with Crippen molar-refractivity contribution in [3.8, 4) is 0 Å². The van der Waals surface area contributed by atoms with Gasteiger partial charge in [0.25, 0.3) is 0 Å². The zero-order chi connectivity index (χ0) is 10.1. The smallest absolute Gasteiger partial charge is 0.248 e. The summed E-state index contributed by atoms with van der Waals surface area (Å²) in [6.45, 7) is 0. The molecule has 0 saturated heterocycles. The van der Waals surface area contributed by atoms with Gasteiger partial charge in [0, 0.05) is 16.5 Å². The number of fused-ring (bicyclic) bond motifs is 1. The van der Waals surface area contributed by atoms with E-state index in [9.17, 15) is 9.59 Å². The zero-order valence-electron chi connectivity index (χ0n) is 7.15. The van der Waals surface area contributed by atoms with Crippen LogP contribution in [0.5, 0.6) is 0 Å². The van der Waals surface area contributed by atoms with Crippen LogP contribution in [0.3, 0.4) is 0 Å². The second kappa shape index (κ2) is 2.95. The second-order valence-electron chi connectivity index (χ2n) is 2.88. The third-order valence-corrected chi connectivity index (χ3v) is 1.99. The number of nitrogens with two attached hydrogens (primary N) is 1. The maximum absolute atomic E-state index is 10.9. The van der Waals surface area contributed by atoms with Crippen LogP contribution in [0.25, 0.3) is 10.9 Å². The highest BCUT2D eigenvalue weighted by atomic mass is 16.1. The minimum absolute atomic E-state index is 0.306. The van der Waals surface area contributed by atoms with Crippen molar-refractivity contribution >= 4 is 23.1 Å². The molecule has 1 heterocycles. The first-order valence-electron chi connectivity index (χ1n) is 3.94. The van der Waals surface area contributed by atoms with Crippen molar-refractivity contribution in [2.24, 2.45) is 5.73 Å². The maximum Gasteiger partial charge on any atom is 0.248 e. The topological polar surface area (TPSA) is 88.8 Å². The Labute approximate surface area is 78.9 Å². The monoisotopic (exact) mass is 189 g/mol. The molecule has 0 aliphatic rings. The number of amides is 1. The summed E-state index contributed by atoms with van der Waals surface area (Å²) < 4.78 is 0. The minimum atomic E-state index is -0.559. The van der Waals surface area contributed by atoms with Gasteiger partial charge in [-0.15, -0.1) is 0 Å². The van der Waals surface area contributed by atoms with Crippen LogP contribution in [0.15, 0.2) is 18.3 Å². The van der Waals surface area contributed by atoms with E-state index in [-0.39, 0.29) is 0 Å². The van der Waals surface area contributed by atoms with Crippen LogP contribution in [-0.4, -0.2) is 22.4 Å². The summed E-state index contributed by atoms with van der Waals surface area (Å²) in [6.07, 6.45) is 2.20. The Kier molecular flexibility index (Phi) is 1.78. The average Bonchev–Trinajstić information content (AvgIpc) is 2.63. The van der Waals surface area contributed by atoms with Gasteiger partial charge in [0.15, 0.2) is 6.29 Å². The molecule has 5 nitrogen and oxygen atoms in total. The first-order valence-corrected chi connectivity index (χ1v) is 3.94. The number of hydrogen-bond acceptors (Lipinski definition) is 3. The molecular formula is C9H7N3O2. The largest absolute Gasteiger partial charge is 0.366 e. The molecule has 3 N–H and O–H groups in total. The molecule has 0 spiro atoms. The Morgan fingerprint density at radius 3 is 2.93 bits per heavy atom. The van der Waals surface area contributed by atoms with Crippen molar-refractivity contribution < 1.29 is 9.59 Å². The molecule has 2 rings (SSSR count). The lowest BCUT2D eigenvalue weighted by Crippen LogP contribution is -2.11. The van der Waals surface area contributed by atoms with Crippen molar-refractivity contribution in [3.63, 3.8) is 0 Å². The highest BCUT2D eigenvalue weighted by molar-refractivity contribution is 6.02. The van der Waals surface area contributed by atoms with Crippen LogP contribution in [0.2, 0.25) is 0 Å². The third-order valence-electron chi connectivity index (χ3n) is 1.99. The predicted octanol–water partition coefficient (Wildman–Crippen LogP) is 0.474. The van der Waals surface area contributed by atoms with Gasteiger partial charge in [-0.3, -0.25) is 14.7 Å². The minimum Gasteiger partial charge on any atom is -0.366 e. The number of carbonyl (C=O) groups is 2. The number of nitrogens with one attached hydrogen (secondary N) is 1. The van der Waals surface area contributed by atoms with Crippen LogP contribution >= 0.6 is 0 Å². The Hall–Kier alpha value is -2.17. The lowest BCUT2D eigenvalue weighted by molar-refractivity contribution is 0.100. The number of primary amides is 1. The highest BCUT2D eigenvalue weighted by Crippen LogP contribution is 2.16. The van der Waals surface area contributed by atoms with Gasteiger partial charge in [-0.2, -0.15) is 5.10 Å². The van der Waals surface area contributed by atoms with Crippen molar-refractivity contribution in [3.05, 3.63) is 29.5 Å². The molecule has 1 aromatic carbocycles. The highest BCUT2D eigenvalue weighted by Gasteiger charge is 2.08. The van der Waals surface area contributed by atoms with Gasteiger partial charge < -0.3 is 5.73 Å². The fourth-order valence-corrected chi connectivity index (χ4v) is 1.32. The van der Waals surface area contributed by atoms with Crippen LogP contribution in [0.1, 0.15) is 20.7 Å². The summed E-state index contributed by atoms with van der Waals surface area (Å²) in [5.74, 6) is -0.559. The molecule has 14 heavy (non-hydrogen) atoms. The quantitative estimate of drug-likeness (QED) is 0.673. The number of aromatic nitrogens is 2. The van der Waals surface area contributed by atoms with Gasteiger partial charge in [-0.1, -0.05) is 0 Å². The Morgan fingerprint density at radius 1 is 1.50 bits per heavy atom. The third kappa shape index (κ3) is 1.15. The zero-order valence-corrected chi connectivity index (χ0v) is 7.15.